The van der Waals surface area contributed by atoms with Gasteiger partial charge in [0.1, 0.15) is 5.82 Å². The molecule has 0 spiro atoms. The van der Waals surface area contributed by atoms with Crippen LogP contribution < -0.4 is 5.32 Å². The number of halogens is 2. The van der Waals surface area contributed by atoms with Crippen molar-refractivity contribution in [2.45, 2.75) is 19.9 Å². The van der Waals surface area contributed by atoms with Crippen LogP contribution in [0.25, 0.3) is 0 Å². The van der Waals surface area contributed by atoms with Gasteiger partial charge in [-0.25, -0.2) is 4.39 Å². The van der Waals surface area contributed by atoms with Gasteiger partial charge in [-0.2, -0.15) is 0 Å². The van der Waals surface area contributed by atoms with Crippen molar-refractivity contribution in [3.8, 4) is 0 Å². The molecule has 0 fully saturated rings. The summed E-state index contributed by atoms with van der Waals surface area (Å²) in [7, 11) is 0. The standard InChI is InChI=1S/C16H17ClFN/c1-12-4-2-3-5-13(12)8-9-19-11-14-6-7-15(18)10-16(14)17/h2-7,10,19H,8-9,11H2,1H3. The highest BCUT2D eigenvalue weighted by Crippen LogP contribution is 2.16. The Labute approximate surface area is 118 Å². The van der Waals surface area contributed by atoms with Gasteiger partial charge in [0, 0.05) is 11.6 Å². The summed E-state index contributed by atoms with van der Waals surface area (Å²) >= 11 is 5.97. The first-order valence-corrected chi connectivity index (χ1v) is 6.74. The van der Waals surface area contributed by atoms with Crippen LogP contribution in [0.15, 0.2) is 42.5 Å². The third-order valence-corrected chi connectivity index (χ3v) is 3.51. The van der Waals surface area contributed by atoms with Crippen LogP contribution in [0.5, 0.6) is 0 Å². The lowest BCUT2D eigenvalue weighted by atomic mass is 10.1. The van der Waals surface area contributed by atoms with E-state index in [0.29, 0.717) is 11.6 Å². The summed E-state index contributed by atoms with van der Waals surface area (Å²) in [5.74, 6) is -0.298. The van der Waals surface area contributed by atoms with Crippen molar-refractivity contribution >= 4 is 11.6 Å². The van der Waals surface area contributed by atoms with Gasteiger partial charge in [-0.3, -0.25) is 0 Å². The number of hydrogen-bond donors (Lipinski definition) is 1. The molecule has 0 atom stereocenters. The van der Waals surface area contributed by atoms with Crippen molar-refractivity contribution in [2.24, 2.45) is 0 Å². The van der Waals surface area contributed by atoms with Crippen molar-refractivity contribution in [3.05, 3.63) is 70.0 Å². The minimum absolute atomic E-state index is 0.298. The minimum atomic E-state index is -0.298. The summed E-state index contributed by atoms with van der Waals surface area (Å²) in [6.45, 7) is 3.65. The Balaban J connectivity index is 1.83. The maximum atomic E-state index is 12.9. The molecule has 0 saturated carbocycles. The van der Waals surface area contributed by atoms with Gasteiger partial charge >= 0.3 is 0 Å². The molecule has 0 bridgehead atoms. The third-order valence-electron chi connectivity index (χ3n) is 3.16. The van der Waals surface area contributed by atoms with E-state index < -0.39 is 0 Å². The molecular formula is C16H17ClFN. The van der Waals surface area contributed by atoms with Crippen LogP contribution in [-0.4, -0.2) is 6.54 Å². The number of aryl methyl sites for hydroxylation is 1. The van der Waals surface area contributed by atoms with Crippen molar-refractivity contribution in [2.75, 3.05) is 6.54 Å². The van der Waals surface area contributed by atoms with E-state index in [0.717, 1.165) is 18.5 Å². The second-order valence-corrected chi connectivity index (χ2v) is 5.00. The van der Waals surface area contributed by atoms with Crippen LogP contribution >= 0.6 is 11.6 Å². The summed E-state index contributed by atoms with van der Waals surface area (Å²) in [5.41, 5.74) is 3.58. The molecule has 3 heteroatoms. The van der Waals surface area contributed by atoms with Gasteiger partial charge in [0.2, 0.25) is 0 Å². The highest BCUT2D eigenvalue weighted by Gasteiger charge is 2.02. The van der Waals surface area contributed by atoms with E-state index in [1.54, 1.807) is 6.07 Å². The van der Waals surface area contributed by atoms with Crippen molar-refractivity contribution in [3.63, 3.8) is 0 Å². The normalized spacial score (nSPS) is 10.7. The Kier molecular flexibility index (Phi) is 4.94. The molecule has 0 radical (unpaired) electrons. The number of hydrogen-bond acceptors (Lipinski definition) is 1. The first-order valence-electron chi connectivity index (χ1n) is 6.36. The Bertz CT molecular complexity index is 554. The molecule has 1 nitrogen and oxygen atoms in total. The summed E-state index contributed by atoms with van der Waals surface area (Å²) in [4.78, 5) is 0. The van der Waals surface area contributed by atoms with E-state index in [2.05, 4.69) is 30.4 Å². The van der Waals surface area contributed by atoms with Crippen molar-refractivity contribution < 1.29 is 4.39 Å². The molecule has 0 aliphatic carbocycles. The Morgan fingerprint density at radius 3 is 2.63 bits per heavy atom. The van der Waals surface area contributed by atoms with Crippen LogP contribution in [0.1, 0.15) is 16.7 Å². The summed E-state index contributed by atoms with van der Waals surface area (Å²) < 4.78 is 12.9. The molecule has 0 aliphatic rings. The zero-order valence-electron chi connectivity index (χ0n) is 10.9. The van der Waals surface area contributed by atoms with Gasteiger partial charge in [0.05, 0.1) is 0 Å². The molecule has 2 aromatic rings. The predicted octanol–water partition coefficient (Wildman–Crippen LogP) is 4.12. The molecule has 0 unspecified atom stereocenters. The predicted molar refractivity (Wildman–Crippen MR) is 78.0 cm³/mol. The van der Waals surface area contributed by atoms with E-state index in [1.165, 1.54) is 23.3 Å². The summed E-state index contributed by atoms with van der Waals surface area (Å²) in [6, 6.07) is 12.9. The molecule has 19 heavy (non-hydrogen) atoms. The second kappa shape index (κ2) is 6.69. The fourth-order valence-electron chi connectivity index (χ4n) is 2.00. The molecule has 0 saturated heterocycles. The highest BCUT2D eigenvalue weighted by molar-refractivity contribution is 6.31. The lowest BCUT2D eigenvalue weighted by Crippen LogP contribution is -2.17. The molecule has 100 valence electrons. The molecule has 2 aromatic carbocycles. The Morgan fingerprint density at radius 1 is 1.11 bits per heavy atom. The van der Waals surface area contributed by atoms with Crippen LogP contribution in [-0.2, 0) is 13.0 Å². The van der Waals surface area contributed by atoms with Crippen LogP contribution in [0.4, 0.5) is 4.39 Å². The van der Waals surface area contributed by atoms with Crippen molar-refractivity contribution in [1.82, 2.24) is 5.32 Å². The monoisotopic (exact) mass is 277 g/mol. The smallest absolute Gasteiger partial charge is 0.124 e. The number of benzene rings is 2. The van der Waals surface area contributed by atoms with E-state index in [4.69, 9.17) is 11.6 Å². The topological polar surface area (TPSA) is 12.0 Å². The average Bonchev–Trinajstić information content (AvgIpc) is 2.38. The van der Waals surface area contributed by atoms with E-state index in [9.17, 15) is 4.39 Å². The number of nitrogens with one attached hydrogen (secondary N) is 1. The van der Waals surface area contributed by atoms with E-state index in [-0.39, 0.29) is 5.82 Å². The largest absolute Gasteiger partial charge is 0.312 e. The Hall–Kier alpha value is -1.38. The van der Waals surface area contributed by atoms with Crippen LogP contribution in [0, 0.1) is 12.7 Å². The van der Waals surface area contributed by atoms with Crippen LogP contribution in [0.2, 0.25) is 5.02 Å². The maximum Gasteiger partial charge on any atom is 0.124 e. The number of rotatable bonds is 5. The molecule has 0 aromatic heterocycles. The fourth-order valence-corrected chi connectivity index (χ4v) is 2.24. The van der Waals surface area contributed by atoms with Gasteiger partial charge in [0.25, 0.3) is 0 Å². The Morgan fingerprint density at radius 2 is 1.89 bits per heavy atom. The van der Waals surface area contributed by atoms with Crippen LogP contribution in [0.3, 0.4) is 0 Å². The van der Waals surface area contributed by atoms with Gasteiger partial charge < -0.3 is 5.32 Å². The molecule has 0 amide bonds. The summed E-state index contributed by atoms with van der Waals surface area (Å²) in [6.07, 6.45) is 0.978. The average molecular weight is 278 g/mol. The van der Waals surface area contributed by atoms with E-state index in [1.807, 2.05) is 6.07 Å². The van der Waals surface area contributed by atoms with Crippen molar-refractivity contribution in [1.29, 1.82) is 0 Å². The van der Waals surface area contributed by atoms with Gasteiger partial charge in [-0.1, -0.05) is 41.9 Å². The zero-order valence-corrected chi connectivity index (χ0v) is 11.7. The molecule has 1 N–H and O–H groups in total. The fraction of sp³-hybridized carbons (Fsp3) is 0.250. The maximum absolute atomic E-state index is 12.9. The first kappa shape index (κ1) is 14.0. The third kappa shape index (κ3) is 4.05. The minimum Gasteiger partial charge on any atom is -0.312 e. The summed E-state index contributed by atoms with van der Waals surface area (Å²) in [5, 5.41) is 3.81. The SMILES string of the molecule is Cc1ccccc1CCNCc1ccc(F)cc1Cl. The van der Waals surface area contributed by atoms with Gasteiger partial charge in [-0.15, -0.1) is 0 Å². The molecular weight excluding hydrogens is 261 g/mol. The van der Waals surface area contributed by atoms with E-state index >= 15 is 0 Å². The molecule has 2 rings (SSSR count). The lowest BCUT2D eigenvalue weighted by Gasteiger charge is -2.08. The first-order chi connectivity index (χ1) is 9.16. The molecule has 0 heterocycles. The van der Waals surface area contributed by atoms with Gasteiger partial charge in [0.15, 0.2) is 0 Å². The lowest BCUT2D eigenvalue weighted by molar-refractivity contribution is 0.625. The quantitative estimate of drug-likeness (QED) is 0.811. The highest BCUT2D eigenvalue weighted by atomic mass is 35.5. The zero-order chi connectivity index (χ0) is 13.7. The molecule has 0 aliphatic heterocycles. The second-order valence-electron chi connectivity index (χ2n) is 4.59. The van der Waals surface area contributed by atoms with Gasteiger partial charge in [-0.05, 0) is 48.7 Å².